The molecule has 0 heterocycles. The van der Waals surface area contributed by atoms with Crippen LogP contribution < -0.4 is 0 Å². The smallest absolute Gasteiger partial charge is 0.331 e. The van der Waals surface area contributed by atoms with Crippen molar-refractivity contribution in [2.24, 2.45) is 0 Å². The van der Waals surface area contributed by atoms with E-state index in [-0.39, 0.29) is 11.2 Å². The molecular formula is C22H23BrO3. The molecule has 2 aromatic rings. The number of ketones is 1. The Morgan fingerprint density at radius 1 is 1.08 bits per heavy atom. The van der Waals surface area contributed by atoms with Crippen molar-refractivity contribution in [3.05, 3.63) is 75.8 Å². The zero-order valence-corrected chi connectivity index (χ0v) is 17.0. The lowest BCUT2D eigenvalue weighted by Gasteiger charge is -2.19. The summed E-state index contributed by atoms with van der Waals surface area (Å²) in [5, 5.41) is 0. The van der Waals surface area contributed by atoms with Crippen LogP contribution in [-0.4, -0.2) is 17.9 Å². The van der Waals surface area contributed by atoms with Gasteiger partial charge in [0.2, 0.25) is 5.78 Å². The van der Waals surface area contributed by atoms with Crippen molar-refractivity contribution in [3.8, 4) is 0 Å². The number of ether oxygens (including phenoxy) is 1. The molecule has 0 aliphatic rings. The van der Waals surface area contributed by atoms with Gasteiger partial charge in [0.15, 0.2) is 6.10 Å². The van der Waals surface area contributed by atoms with Crippen molar-refractivity contribution in [1.29, 1.82) is 0 Å². The number of esters is 1. The Balaban J connectivity index is 1.99. The summed E-state index contributed by atoms with van der Waals surface area (Å²) in [6, 6.07) is 15.0. The highest BCUT2D eigenvalue weighted by atomic mass is 79.9. The fourth-order valence-corrected chi connectivity index (χ4v) is 2.83. The topological polar surface area (TPSA) is 43.4 Å². The molecule has 0 spiro atoms. The van der Waals surface area contributed by atoms with E-state index in [1.165, 1.54) is 6.08 Å². The molecule has 136 valence electrons. The van der Waals surface area contributed by atoms with Crippen molar-refractivity contribution in [3.63, 3.8) is 0 Å². The minimum absolute atomic E-state index is 0.0247. The number of rotatable bonds is 5. The first-order valence-corrected chi connectivity index (χ1v) is 9.25. The van der Waals surface area contributed by atoms with Gasteiger partial charge in [-0.05, 0) is 41.7 Å². The summed E-state index contributed by atoms with van der Waals surface area (Å²) >= 11 is 3.38. The lowest BCUT2D eigenvalue weighted by molar-refractivity contribution is -0.140. The summed E-state index contributed by atoms with van der Waals surface area (Å²) in [5.41, 5.74) is 2.58. The molecule has 26 heavy (non-hydrogen) atoms. The van der Waals surface area contributed by atoms with Gasteiger partial charge in [-0.3, -0.25) is 4.79 Å². The first-order chi connectivity index (χ1) is 12.2. The fraction of sp³-hybridized carbons (Fsp3) is 0.273. The van der Waals surface area contributed by atoms with E-state index < -0.39 is 12.1 Å². The van der Waals surface area contributed by atoms with Crippen LogP contribution in [0.1, 0.15) is 49.2 Å². The highest BCUT2D eigenvalue weighted by Crippen LogP contribution is 2.22. The van der Waals surface area contributed by atoms with Crippen molar-refractivity contribution in [2.75, 3.05) is 0 Å². The van der Waals surface area contributed by atoms with E-state index in [2.05, 4.69) is 36.7 Å². The number of Topliss-reactive ketones (excluding diaryl/α,β-unsaturated/α-hetero) is 1. The first kappa shape index (κ1) is 20.1. The summed E-state index contributed by atoms with van der Waals surface area (Å²) in [6.45, 7) is 7.94. The third kappa shape index (κ3) is 5.67. The van der Waals surface area contributed by atoms with Crippen molar-refractivity contribution in [2.45, 2.75) is 39.2 Å². The molecule has 0 aromatic heterocycles. The van der Waals surface area contributed by atoms with Crippen LogP contribution in [0.25, 0.3) is 6.08 Å². The van der Waals surface area contributed by atoms with Crippen LogP contribution in [0.3, 0.4) is 0 Å². The summed E-state index contributed by atoms with van der Waals surface area (Å²) in [4.78, 5) is 24.4. The zero-order chi connectivity index (χ0) is 19.3. The second-order valence-corrected chi connectivity index (χ2v) is 8.07. The van der Waals surface area contributed by atoms with E-state index in [0.29, 0.717) is 5.56 Å². The molecule has 0 aliphatic heterocycles. The van der Waals surface area contributed by atoms with Crippen molar-refractivity contribution in [1.82, 2.24) is 0 Å². The maximum Gasteiger partial charge on any atom is 0.331 e. The zero-order valence-electron chi connectivity index (χ0n) is 15.5. The minimum Gasteiger partial charge on any atom is -0.451 e. The Hall–Kier alpha value is -2.20. The molecule has 0 saturated heterocycles. The predicted molar refractivity (Wildman–Crippen MR) is 108 cm³/mol. The van der Waals surface area contributed by atoms with Gasteiger partial charge in [0.25, 0.3) is 0 Å². The molecule has 0 N–H and O–H groups in total. The Bertz CT molecular complexity index is 814. The largest absolute Gasteiger partial charge is 0.451 e. The summed E-state index contributed by atoms with van der Waals surface area (Å²) < 4.78 is 6.16. The third-order valence-electron chi connectivity index (χ3n) is 3.96. The van der Waals surface area contributed by atoms with E-state index in [0.717, 1.165) is 15.6 Å². The molecule has 0 saturated carbocycles. The Labute approximate surface area is 163 Å². The number of carbonyl (C=O) groups excluding carboxylic acids is 2. The van der Waals surface area contributed by atoms with Crippen LogP contribution >= 0.6 is 15.9 Å². The van der Waals surface area contributed by atoms with Crippen LogP contribution in [0.5, 0.6) is 0 Å². The quantitative estimate of drug-likeness (QED) is 0.364. The van der Waals surface area contributed by atoms with E-state index in [1.807, 2.05) is 36.4 Å². The molecule has 0 fully saturated rings. The molecule has 0 aliphatic carbocycles. The minimum atomic E-state index is -0.838. The summed E-state index contributed by atoms with van der Waals surface area (Å²) in [5.74, 6) is -0.758. The number of hydrogen-bond acceptors (Lipinski definition) is 3. The molecule has 0 radical (unpaired) electrons. The van der Waals surface area contributed by atoms with Gasteiger partial charge < -0.3 is 4.74 Å². The summed E-state index contributed by atoms with van der Waals surface area (Å²) in [6.07, 6.45) is 2.14. The second kappa shape index (κ2) is 8.45. The molecule has 4 heteroatoms. The van der Waals surface area contributed by atoms with Gasteiger partial charge in [0.1, 0.15) is 0 Å². The lowest BCUT2D eigenvalue weighted by atomic mass is 9.86. The van der Waals surface area contributed by atoms with Crippen LogP contribution in [-0.2, 0) is 14.9 Å². The molecular weight excluding hydrogens is 392 g/mol. The van der Waals surface area contributed by atoms with Gasteiger partial charge in [-0.2, -0.15) is 0 Å². The second-order valence-electron chi connectivity index (χ2n) is 7.16. The molecule has 3 nitrogen and oxygen atoms in total. The van der Waals surface area contributed by atoms with Crippen molar-refractivity contribution >= 4 is 33.8 Å². The predicted octanol–water partition coefficient (Wildman–Crippen LogP) is 5.57. The molecule has 0 bridgehead atoms. The Morgan fingerprint density at radius 2 is 1.73 bits per heavy atom. The van der Waals surface area contributed by atoms with Crippen LogP contribution in [0.2, 0.25) is 0 Å². The van der Waals surface area contributed by atoms with Gasteiger partial charge in [-0.1, -0.05) is 73.1 Å². The number of carbonyl (C=O) groups is 2. The molecule has 1 atom stereocenters. The lowest BCUT2D eigenvalue weighted by Crippen LogP contribution is -2.23. The average molecular weight is 415 g/mol. The normalized spacial score (nSPS) is 12.8. The van der Waals surface area contributed by atoms with Gasteiger partial charge in [-0.25, -0.2) is 4.79 Å². The van der Waals surface area contributed by atoms with E-state index >= 15 is 0 Å². The first-order valence-electron chi connectivity index (χ1n) is 8.46. The Kier molecular flexibility index (Phi) is 6.54. The molecule has 2 rings (SSSR count). The SMILES string of the molecule is C[C@@H](OC(=O)/C=C/c1cccc(Br)c1)C(=O)c1ccc(C(C)(C)C)cc1. The molecule has 2 aromatic carbocycles. The average Bonchev–Trinajstić information content (AvgIpc) is 2.58. The standard InChI is InChI=1S/C22H23BrO3/c1-15(21(25)17-9-11-18(12-10-17)22(2,3)4)26-20(24)13-8-16-6-5-7-19(23)14-16/h5-15H,1-4H3/b13-8+/t15-/m1/s1. The van der Waals surface area contributed by atoms with Gasteiger partial charge in [0.05, 0.1) is 0 Å². The van der Waals surface area contributed by atoms with Crippen molar-refractivity contribution < 1.29 is 14.3 Å². The third-order valence-corrected chi connectivity index (χ3v) is 4.45. The molecule has 0 amide bonds. The monoisotopic (exact) mass is 414 g/mol. The summed E-state index contributed by atoms with van der Waals surface area (Å²) in [7, 11) is 0. The van der Waals surface area contributed by atoms with E-state index in [1.54, 1.807) is 25.1 Å². The number of benzene rings is 2. The highest BCUT2D eigenvalue weighted by Gasteiger charge is 2.20. The van der Waals surface area contributed by atoms with E-state index in [4.69, 9.17) is 4.74 Å². The van der Waals surface area contributed by atoms with Crippen LogP contribution in [0, 0.1) is 0 Å². The van der Waals surface area contributed by atoms with Gasteiger partial charge in [0, 0.05) is 16.1 Å². The maximum atomic E-state index is 12.5. The fourth-order valence-electron chi connectivity index (χ4n) is 2.41. The Morgan fingerprint density at radius 3 is 2.31 bits per heavy atom. The number of hydrogen-bond donors (Lipinski definition) is 0. The number of halogens is 1. The van der Waals surface area contributed by atoms with Crippen LogP contribution in [0.4, 0.5) is 0 Å². The van der Waals surface area contributed by atoms with Gasteiger partial charge >= 0.3 is 5.97 Å². The maximum absolute atomic E-state index is 12.5. The molecule has 0 unspecified atom stereocenters. The van der Waals surface area contributed by atoms with Gasteiger partial charge in [-0.15, -0.1) is 0 Å². The van der Waals surface area contributed by atoms with E-state index in [9.17, 15) is 9.59 Å². The van der Waals surface area contributed by atoms with Crippen LogP contribution in [0.15, 0.2) is 59.1 Å². The highest BCUT2D eigenvalue weighted by molar-refractivity contribution is 9.10.